The van der Waals surface area contributed by atoms with Crippen molar-refractivity contribution in [2.75, 3.05) is 7.05 Å². The summed E-state index contributed by atoms with van der Waals surface area (Å²) >= 11 is 0. The molecule has 0 aromatic heterocycles. The van der Waals surface area contributed by atoms with Crippen LogP contribution in [-0.2, 0) is 14.8 Å². The lowest BCUT2D eigenvalue weighted by Gasteiger charge is -2.13. The third kappa shape index (κ3) is 3.06. The van der Waals surface area contributed by atoms with Crippen LogP contribution in [0, 0.1) is 6.92 Å². The van der Waals surface area contributed by atoms with Crippen molar-refractivity contribution in [2.45, 2.75) is 24.8 Å². The van der Waals surface area contributed by atoms with Crippen LogP contribution < -0.4 is 10.0 Å². The topological polar surface area (TPSA) is 75.3 Å². The van der Waals surface area contributed by atoms with Gasteiger partial charge in [-0.3, -0.25) is 4.79 Å². The van der Waals surface area contributed by atoms with Gasteiger partial charge in [-0.2, -0.15) is 0 Å². The number of nitrogens with one attached hydrogen (secondary N) is 2. The summed E-state index contributed by atoms with van der Waals surface area (Å²) in [7, 11) is -2.30. The molecule has 2 rings (SSSR count). The molecule has 0 spiro atoms. The quantitative estimate of drug-likeness (QED) is 0.899. The highest BCUT2D eigenvalue weighted by atomic mass is 32.2. The number of likely N-dealkylation sites (N-methyl/N-ethyl adjacent to an activating group) is 1. The summed E-state index contributed by atoms with van der Waals surface area (Å²) in [6, 6.07) is 9.91. The van der Waals surface area contributed by atoms with Crippen molar-refractivity contribution >= 4 is 26.7 Å². The van der Waals surface area contributed by atoms with Crippen LogP contribution in [0.3, 0.4) is 0 Å². The summed E-state index contributed by atoms with van der Waals surface area (Å²) in [5.74, 6) is -0.581. The Kier molecular flexibility index (Phi) is 4.29. The molecule has 5 nitrogen and oxygen atoms in total. The molecular weight excluding hydrogens is 288 g/mol. The van der Waals surface area contributed by atoms with E-state index >= 15 is 0 Å². The number of aryl methyl sites for hydroxylation is 1. The largest absolute Gasteiger partial charge is 0.309 e. The Morgan fingerprint density at radius 2 is 1.71 bits per heavy atom. The Hall–Kier alpha value is -1.92. The van der Waals surface area contributed by atoms with Gasteiger partial charge in [-0.05, 0) is 37.9 Å². The third-order valence-electron chi connectivity index (χ3n) is 3.45. The fraction of sp³-hybridized carbons (Fsp3) is 0.267. The Morgan fingerprint density at radius 1 is 1.10 bits per heavy atom. The van der Waals surface area contributed by atoms with Crippen LogP contribution in [0.2, 0.25) is 0 Å². The second kappa shape index (κ2) is 5.83. The fourth-order valence-corrected chi connectivity index (χ4v) is 3.33. The Bertz CT molecular complexity index is 785. The van der Waals surface area contributed by atoms with Gasteiger partial charge in [0.2, 0.25) is 0 Å². The van der Waals surface area contributed by atoms with Crippen LogP contribution in [0.15, 0.2) is 41.3 Å². The number of fused-ring (bicyclic) bond motifs is 1. The second-order valence-electron chi connectivity index (χ2n) is 4.91. The van der Waals surface area contributed by atoms with Crippen LogP contribution >= 0.6 is 0 Å². The number of benzene rings is 2. The van der Waals surface area contributed by atoms with Crippen LogP contribution in [0.1, 0.15) is 12.5 Å². The van der Waals surface area contributed by atoms with Crippen LogP contribution in [0.4, 0.5) is 0 Å². The molecule has 1 amide bonds. The summed E-state index contributed by atoms with van der Waals surface area (Å²) in [6.07, 6.45) is 0. The first-order valence-corrected chi connectivity index (χ1v) is 8.07. The first-order chi connectivity index (χ1) is 9.86. The summed E-state index contributed by atoms with van der Waals surface area (Å²) in [5, 5.41) is 4.17. The molecule has 0 radical (unpaired) electrons. The summed E-state index contributed by atoms with van der Waals surface area (Å²) in [6.45, 7) is 3.51. The SMILES string of the molecule is CN[C@H](C)C(=O)NS(=O)(=O)c1ccc(C)c2ccccc12. The Labute approximate surface area is 124 Å². The lowest BCUT2D eigenvalue weighted by Crippen LogP contribution is -2.43. The number of hydrogen-bond donors (Lipinski definition) is 2. The normalized spacial score (nSPS) is 13.1. The fourth-order valence-electron chi connectivity index (χ4n) is 2.06. The zero-order chi connectivity index (χ0) is 15.6. The van der Waals surface area contributed by atoms with Gasteiger partial charge in [0.25, 0.3) is 15.9 Å². The molecule has 0 aliphatic heterocycles. The molecule has 0 aliphatic rings. The molecule has 0 unspecified atom stereocenters. The van der Waals surface area contributed by atoms with Gasteiger partial charge in [0, 0.05) is 5.39 Å². The molecule has 21 heavy (non-hydrogen) atoms. The van der Waals surface area contributed by atoms with E-state index in [9.17, 15) is 13.2 Å². The standard InChI is InChI=1S/C15H18N2O3S/c1-10-8-9-14(13-7-5-4-6-12(10)13)21(19,20)17-15(18)11(2)16-3/h4-9,11,16H,1-3H3,(H,17,18)/t11-/m1/s1. The van der Waals surface area contributed by atoms with Crippen molar-refractivity contribution in [1.29, 1.82) is 0 Å². The molecule has 2 aromatic carbocycles. The summed E-state index contributed by atoms with van der Waals surface area (Å²) in [5.41, 5.74) is 0.986. The minimum absolute atomic E-state index is 0.111. The highest BCUT2D eigenvalue weighted by Gasteiger charge is 2.22. The van der Waals surface area contributed by atoms with Gasteiger partial charge in [-0.15, -0.1) is 0 Å². The van der Waals surface area contributed by atoms with E-state index in [-0.39, 0.29) is 4.90 Å². The van der Waals surface area contributed by atoms with E-state index in [4.69, 9.17) is 0 Å². The monoisotopic (exact) mass is 306 g/mol. The van der Waals surface area contributed by atoms with E-state index in [0.717, 1.165) is 10.9 Å². The van der Waals surface area contributed by atoms with Gasteiger partial charge in [0.1, 0.15) is 0 Å². The predicted molar refractivity (Wildman–Crippen MR) is 82.5 cm³/mol. The molecule has 1 atom stereocenters. The molecule has 0 saturated carbocycles. The van der Waals surface area contributed by atoms with Gasteiger partial charge < -0.3 is 5.32 Å². The minimum Gasteiger partial charge on any atom is -0.309 e. The van der Waals surface area contributed by atoms with Crippen molar-refractivity contribution in [1.82, 2.24) is 10.0 Å². The first kappa shape index (κ1) is 15.5. The zero-order valence-electron chi connectivity index (χ0n) is 12.2. The van der Waals surface area contributed by atoms with Gasteiger partial charge >= 0.3 is 0 Å². The van der Waals surface area contributed by atoms with Crippen LogP contribution in [0.25, 0.3) is 10.8 Å². The van der Waals surface area contributed by atoms with Crippen molar-refractivity contribution in [3.8, 4) is 0 Å². The Balaban J connectivity index is 2.51. The molecule has 2 aromatic rings. The average Bonchev–Trinajstić information content (AvgIpc) is 2.46. The van der Waals surface area contributed by atoms with Crippen LogP contribution in [0.5, 0.6) is 0 Å². The number of amides is 1. The van der Waals surface area contributed by atoms with Crippen LogP contribution in [-0.4, -0.2) is 27.4 Å². The molecule has 0 aliphatic carbocycles. The lowest BCUT2D eigenvalue weighted by molar-refractivity contribution is -0.120. The van der Waals surface area contributed by atoms with Crippen molar-refractivity contribution in [3.63, 3.8) is 0 Å². The molecule has 6 heteroatoms. The number of sulfonamides is 1. The van der Waals surface area contributed by atoms with E-state index < -0.39 is 22.0 Å². The maximum absolute atomic E-state index is 12.4. The summed E-state index contributed by atoms with van der Waals surface area (Å²) < 4.78 is 27.0. The lowest BCUT2D eigenvalue weighted by atomic mass is 10.1. The number of carbonyl (C=O) groups excluding carboxylic acids is 1. The van der Waals surface area contributed by atoms with E-state index in [1.54, 1.807) is 32.2 Å². The highest BCUT2D eigenvalue weighted by molar-refractivity contribution is 7.90. The van der Waals surface area contributed by atoms with Gasteiger partial charge in [-0.25, -0.2) is 13.1 Å². The maximum Gasteiger partial charge on any atom is 0.264 e. The number of rotatable bonds is 4. The molecule has 0 heterocycles. The minimum atomic E-state index is -3.90. The Morgan fingerprint density at radius 3 is 2.33 bits per heavy atom. The molecule has 2 N–H and O–H groups in total. The number of hydrogen-bond acceptors (Lipinski definition) is 4. The van der Waals surface area contributed by atoms with Crippen molar-refractivity contribution in [3.05, 3.63) is 42.0 Å². The highest BCUT2D eigenvalue weighted by Crippen LogP contribution is 2.25. The first-order valence-electron chi connectivity index (χ1n) is 6.59. The molecule has 0 fully saturated rings. The average molecular weight is 306 g/mol. The third-order valence-corrected chi connectivity index (χ3v) is 4.86. The second-order valence-corrected chi connectivity index (χ2v) is 6.56. The maximum atomic E-state index is 12.4. The predicted octanol–water partition coefficient (Wildman–Crippen LogP) is 1.56. The summed E-state index contributed by atoms with van der Waals surface area (Å²) in [4.78, 5) is 11.9. The van der Waals surface area contributed by atoms with Gasteiger partial charge in [0.15, 0.2) is 0 Å². The smallest absolute Gasteiger partial charge is 0.264 e. The van der Waals surface area contributed by atoms with Gasteiger partial charge in [-0.1, -0.05) is 30.3 Å². The van der Waals surface area contributed by atoms with E-state index in [1.807, 2.05) is 19.1 Å². The van der Waals surface area contributed by atoms with Crippen molar-refractivity contribution in [2.24, 2.45) is 0 Å². The van der Waals surface area contributed by atoms with Crippen molar-refractivity contribution < 1.29 is 13.2 Å². The molecule has 112 valence electrons. The molecule has 0 saturated heterocycles. The van der Waals surface area contributed by atoms with E-state index in [0.29, 0.717) is 5.39 Å². The van der Waals surface area contributed by atoms with E-state index in [2.05, 4.69) is 10.0 Å². The zero-order valence-corrected chi connectivity index (χ0v) is 13.0. The van der Waals surface area contributed by atoms with Gasteiger partial charge in [0.05, 0.1) is 10.9 Å². The van der Waals surface area contributed by atoms with E-state index in [1.165, 1.54) is 6.07 Å². The molecule has 0 bridgehead atoms. The number of carbonyl (C=O) groups is 1. The molecular formula is C15H18N2O3S.